The van der Waals surface area contributed by atoms with Crippen molar-refractivity contribution in [1.29, 1.82) is 0 Å². The van der Waals surface area contributed by atoms with Gasteiger partial charge in [-0.15, -0.1) is 24.9 Å². The number of nitrogens with zero attached hydrogens (tertiary/aromatic N) is 2. The van der Waals surface area contributed by atoms with E-state index in [9.17, 15) is 19.5 Å². The van der Waals surface area contributed by atoms with E-state index in [-0.39, 0.29) is 41.0 Å². The van der Waals surface area contributed by atoms with Crippen molar-refractivity contribution in [3.05, 3.63) is 25.3 Å². The Bertz CT molecular complexity index is 959. The normalized spacial score (nSPS) is 29.4. The van der Waals surface area contributed by atoms with Crippen LogP contribution in [-0.2, 0) is 19.1 Å². The van der Waals surface area contributed by atoms with Gasteiger partial charge in [0.1, 0.15) is 6.04 Å². The highest BCUT2D eigenvalue weighted by atomic mass is 32.2. The molecule has 0 aromatic rings. The summed E-state index contributed by atoms with van der Waals surface area (Å²) in [6, 6.07) is -0.668. The molecule has 226 valence electrons. The van der Waals surface area contributed by atoms with Crippen LogP contribution in [0.25, 0.3) is 0 Å². The van der Waals surface area contributed by atoms with Crippen molar-refractivity contribution in [2.24, 2.45) is 23.2 Å². The molecule has 1 N–H and O–H groups in total. The molecule has 3 fully saturated rings. The van der Waals surface area contributed by atoms with E-state index in [1.54, 1.807) is 22.7 Å². The number of aliphatic hydroxyl groups excluding tert-OH is 1. The Hall–Kier alpha value is -1.80. The average molecular weight is 577 g/mol. The predicted octanol–water partition coefficient (Wildman–Crippen LogP) is 5.23. The maximum Gasteiger partial charge on any atom is 0.310 e. The van der Waals surface area contributed by atoms with Crippen LogP contribution in [0.2, 0.25) is 0 Å². The quantitative estimate of drug-likeness (QED) is 0.163. The van der Waals surface area contributed by atoms with Gasteiger partial charge in [-0.1, -0.05) is 39.8 Å². The van der Waals surface area contributed by atoms with Crippen molar-refractivity contribution in [3.8, 4) is 0 Å². The topological polar surface area (TPSA) is 87.1 Å². The molecule has 3 aliphatic rings. The highest BCUT2D eigenvalue weighted by Crippen LogP contribution is 2.69. The fraction of sp³-hybridized carbons (Fsp3) is 0.781. The van der Waals surface area contributed by atoms with Crippen molar-refractivity contribution >= 4 is 29.5 Å². The Morgan fingerprint density at radius 1 is 1.15 bits per heavy atom. The minimum Gasteiger partial charge on any atom is -0.465 e. The van der Waals surface area contributed by atoms with Crippen LogP contribution in [0.15, 0.2) is 25.3 Å². The number of fused-ring (bicyclic) bond motifs is 1. The highest BCUT2D eigenvalue weighted by Gasteiger charge is 2.76. The maximum atomic E-state index is 14.8. The number of carbonyl (C=O) groups is 3. The maximum absolute atomic E-state index is 14.8. The average Bonchev–Trinajstić information content (AvgIpc) is 3.44. The first-order valence-corrected chi connectivity index (χ1v) is 15.9. The highest BCUT2D eigenvalue weighted by molar-refractivity contribution is 8.02. The van der Waals surface area contributed by atoms with E-state index in [0.29, 0.717) is 32.5 Å². The van der Waals surface area contributed by atoms with Crippen molar-refractivity contribution in [1.82, 2.24) is 9.80 Å². The lowest BCUT2D eigenvalue weighted by Crippen LogP contribution is -2.61. The summed E-state index contributed by atoms with van der Waals surface area (Å²) in [7, 11) is 0. The summed E-state index contributed by atoms with van der Waals surface area (Å²) in [4.78, 5) is 46.2. The van der Waals surface area contributed by atoms with Crippen LogP contribution >= 0.6 is 11.8 Å². The summed E-state index contributed by atoms with van der Waals surface area (Å²) >= 11 is 1.68. The van der Waals surface area contributed by atoms with Crippen LogP contribution in [0.1, 0.15) is 86.5 Å². The minimum absolute atomic E-state index is 0.00922. The lowest BCUT2D eigenvalue weighted by molar-refractivity contribution is -0.154. The van der Waals surface area contributed by atoms with E-state index in [2.05, 4.69) is 54.7 Å². The molecular weight excluding hydrogens is 524 g/mol. The molecule has 1 spiro atoms. The number of thioether (sulfide) groups is 1. The lowest BCUT2D eigenvalue weighted by Gasteiger charge is -2.46. The number of aliphatic hydroxyl groups is 1. The van der Waals surface area contributed by atoms with Crippen LogP contribution in [0.3, 0.4) is 0 Å². The molecule has 3 heterocycles. The van der Waals surface area contributed by atoms with Gasteiger partial charge in [-0.05, 0) is 70.1 Å². The number of likely N-dealkylation sites (tertiary alicyclic amines) is 1. The first-order chi connectivity index (χ1) is 18.8. The number of unbranched alkanes of at least 4 members (excludes halogenated alkanes) is 3. The minimum atomic E-state index is -0.679. The standard InChI is InChI=1S/C32H52N2O5S/c1-9-11-12-15-19-39-29(38)24-23-20-22(3)32(40-23)25(24)27(36)33(17-13-14-18-35)26(32)28(37)34(16-10-2)31(7,8)21-30(4,5)6/h9-10,22-26,35H,1-2,11-21H2,3-8H3/t22?,23-,24+,25+,26?,32?/m1/s1. The predicted molar refractivity (Wildman–Crippen MR) is 162 cm³/mol. The van der Waals surface area contributed by atoms with Gasteiger partial charge >= 0.3 is 5.97 Å². The van der Waals surface area contributed by atoms with E-state index >= 15 is 0 Å². The summed E-state index contributed by atoms with van der Waals surface area (Å²) in [6.07, 6.45) is 8.88. The number of hydrogen-bond donors (Lipinski definition) is 1. The van der Waals surface area contributed by atoms with Crippen LogP contribution in [0, 0.1) is 23.2 Å². The third-order valence-corrected chi connectivity index (χ3v) is 11.0. The zero-order valence-electron chi connectivity index (χ0n) is 25.6. The second-order valence-corrected chi connectivity index (χ2v) is 15.3. The van der Waals surface area contributed by atoms with Gasteiger partial charge < -0.3 is 19.6 Å². The third kappa shape index (κ3) is 6.33. The van der Waals surface area contributed by atoms with Gasteiger partial charge in [-0.25, -0.2) is 0 Å². The molecule has 0 aliphatic carbocycles. The largest absolute Gasteiger partial charge is 0.465 e. The van der Waals surface area contributed by atoms with Gasteiger partial charge in [-0.3, -0.25) is 14.4 Å². The molecule has 0 aromatic carbocycles. The summed E-state index contributed by atoms with van der Waals surface area (Å²) < 4.78 is 5.06. The number of rotatable bonds is 15. The Kier molecular flexibility index (Phi) is 10.6. The summed E-state index contributed by atoms with van der Waals surface area (Å²) in [5.74, 6) is -1.50. The molecular formula is C32H52N2O5S. The number of esters is 1. The summed E-state index contributed by atoms with van der Waals surface area (Å²) in [6.45, 7) is 21.7. The third-order valence-electron chi connectivity index (χ3n) is 8.88. The summed E-state index contributed by atoms with van der Waals surface area (Å²) in [5, 5.41) is 9.42. The molecule has 0 radical (unpaired) electrons. The first kappa shape index (κ1) is 32.7. The molecule has 0 saturated carbocycles. The molecule has 3 unspecified atom stereocenters. The fourth-order valence-corrected chi connectivity index (χ4v) is 10.1. The zero-order valence-corrected chi connectivity index (χ0v) is 26.4. The first-order valence-electron chi connectivity index (χ1n) is 15.1. The van der Waals surface area contributed by atoms with E-state index in [1.165, 1.54) is 0 Å². The second-order valence-electron chi connectivity index (χ2n) is 13.8. The van der Waals surface area contributed by atoms with Crippen LogP contribution in [-0.4, -0.2) is 80.6 Å². The molecule has 7 nitrogen and oxygen atoms in total. The van der Waals surface area contributed by atoms with E-state index in [4.69, 9.17) is 4.74 Å². The number of carbonyl (C=O) groups excluding carboxylic acids is 3. The molecule has 6 atom stereocenters. The zero-order chi connectivity index (χ0) is 29.9. The molecule has 3 aliphatic heterocycles. The number of amides is 2. The Balaban J connectivity index is 1.99. The molecule has 3 rings (SSSR count). The number of hydrogen-bond acceptors (Lipinski definition) is 6. The van der Waals surface area contributed by atoms with Gasteiger partial charge in [-0.2, -0.15) is 0 Å². The van der Waals surface area contributed by atoms with Crippen molar-refractivity contribution in [2.45, 2.75) is 108 Å². The lowest BCUT2D eigenvalue weighted by atomic mass is 9.66. The molecule has 2 amide bonds. The van der Waals surface area contributed by atoms with Crippen LogP contribution in [0.5, 0.6) is 0 Å². The van der Waals surface area contributed by atoms with Crippen LogP contribution < -0.4 is 0 Å². The van der Waals surface area contributed by atoms with Gasteiger partial charge in [0.25, 0.3) is 0 Å². The van der Waals surface area contributed by atoms with E-state index in [1.807, 2.05) is 11.0 Å². The molecule has 2 bridgehead atoms. The van der Waals surface area contributed by atoms with Crippen molar-refractivity contribution < 1.29 is 24.2 Å². The van der Waals surface area contributed by atoms with Gasteiger partial charge in [0.2, 0.25) is 11.8 Å². The Morgan fingerprint density at radius 2 is 1.85 bits per heavy atom. The van der Waals surface area contributed by atoms with Gasteiger partial charge in [0.05, 0.1) is 23.2 Å². The molecule has 3 saturated heterocycles. The number of ether oxygens (including phenoxy) is 1. The molecule has 0 aromatic heterocycles. The monoisotopic (exact) mass is 576 g/mol. The van der Waals surface area contributed by atoms with Gasteiger partial charge in [0, 0.05) is 30.5 Å². The van der Waals surface area contributed by atoms with Gasteiger partial charge in [0.15, 0.2) is 0 Å². The Morgan fingerprint density at radius 3 is 2.45 bits per heavy atom. The molecule has 40 heavy (non-hydrogen) atoms. The Labute approximate surface area is 246 Å². The number of allylic oxidation sites excluding steroid dienone is 1. The van der Waals surface area contributed by atoms with Crippen molar-refractivity contribution in [3.63, 3.8) is 0 Å². The second kappa shape index (κ2) is 13.0. The van der Waals surface area contributed by atoms with E-state index in [0.717, 1.165) is 32.1 Å². The smallest absolute Gasteiger partial charge is 0.310 e. The fourth-order valence-electron chi connectivity index (χ4n) is 7.67. The SMILES string of the molecule is C=CCCCCOC(=O)[C@@H]1[C@H]2C(=O)N(CCCCO)C(C(=O)N(CC=C)C(C)(C)CC(C)(C)C)C23S[C@@H]1CC3C. The molecule has 8 heteroatoms. The van der Waals surface area contributed by atoms with Crippen LogP contribution in [0.4, 0.5) is 0 Å². The van der Waals surface area contributed by atoms with E-state index < -0.39 is 28.2 Å². The summed E-state index contributed by atoms with van der Waals surface area (Å²) in [5.41, 5.74) is -0.475. The van der Waals surface area contributed by atoms with Crippen molar-refractivity contribution in [2.75, 3.05) is 26.3 Å².